The summed E-state index contributed by atoms with van der Waals surface area (Å²) in [6, 6.07) is 0. The number of rotatable bonds is 2. The van der Waals surface area contributed by atoms with Crippen LogP contribution in [0.4, 0.5) is 17.6 Å². The van der Waals surface area contributed by atoms with Gasteiger partial charge in [0.15, 0.2) is 0 Å². The quantitative estimate of drug-likeness (QED) is 0.749. The van der Waals surface area contributed by atoms with Crippen molar-refractivity contribution < 1.29 is 0 Å². The lowest BCUT2D eigenvalue weighted by molar-refractivity contribution is 0.312. The average molecular weight is 236 g/mol. The lowest BCUT2D eigenvalue weighted by Gasteiger charge is -2.34. The minimum absolute atomic E-state index is 0.258. The third-order valence-corrected chi connectivity index (χ3v) is 3.19. The zero-order chi connectivity index (χ0) is 12.4. The van der Waals surface area contributed by atoms with E-state index in [0.29, 0.717) is 5.82 Å². The molecule has 0 amide bonds. The number of nitrogen functional groups attached to an aromatic ring is 2. The number of nitrogens with zero attached hydrogens (tertiary/aromatic N) is 4. The highest BCUT2D eigenvalue weighted by Crippen LogP contribution is 2.24. The lowest BCUT2D eigenvalue weighted by Crippen LogP contribution is -2.45. The van der Waals surface area contributed by atoms with Crippen LogP contribution in [0.5, 0.6) is 0 Å². The first-order valence-corrected chi connectivity index (χ1v) is 5.97. The van der Waals surface area contributed by atoms with Gasteiger partial charge in [-0.1, -0.05) is 6.92 Å². The van der Waals surface area contributed by atoms with Gasteiger partial charge in [-0.25, -0.2) is 0 Å². The summed E-state index contributed by atoms with van der Waals surface area (Å²) in [5, 5.41) is 0. The fourth-order valence-corrected chi connectivity index (χ4v) is 2.13. The molecule has 0 spiro atoms. The maximum Gasteiger partial charge on any atom is 0.223 e. The number of hydrogen-bond donors (Lipinski definition) is 2. The molecule has 6 nitrogen and oxygen atoms in total. The van der Waals surface area contributed by atoms with Crippen LogP contribution in [0, 0.1) is 0 Å². The number of piperazine rings is 1. The molecule has 6 heteroatoms. The van der Waals surface area contributed by atoms with E-state index in [1.165, 1.54) is 0 Å². The zero-order valence-corrected chi connectivity index (χ0v) is 10.5. The number of anilines is 3. The number of likely N-dealkylation sites (N-methyl/N-ethyl adjacent to an activating group) is 1. The Hall–Kier alpha value is -1.56. The Morgan fingerprint density at radius 3 is 2.35 bits per heavy atom. The van der Waals surface area contributed by atoms with Gasteiger partial charge in [-0.3, -0.25) is 0 Å². The molecule has 0 aliphatic carbocycles. The van der Waals surface area contributed by atoms with E-state index in [1.54, 1.807) is 0 Å². The Morgan fingerprint density at radius 1 is 1.12 bits per heavy atom. The molecule has 1 aromatic rings. The number of hydrogen-bond acceptors (Lipinski definition) is 6. The monoisotopic (exact) mass is 236 g/mol. The highest BCUT2D eigenvalue weighted by atomic mass is 15.3. The molecular formula is C11H20N6. The van der Waals surface area contributed by atoms with Crippen molar-refractivity contribution in [2.45, 2.75) is 13.3 Å². The molecule has 2 heterocycles. The van der Waals surface area contributed by atoms with Crippen LogP contribution in [0.15, 0.2) is 0 Å². The van der Waals surface area contributed by atoms with E-state index in [9.17, 15) is 0 Å². The normalized spacial score (nSPS) is 17.4. The predicted molar refractivity (Wildman–Crippen MR) is 69.9 cm³/mol. The molecule has 0 radical (unpaired) electrons. The molecule has 1 fully saturated rings. The van der Waals surface area contributed by atoms with Gasteiger partial charge in [0.25, 0.3) is 0 Å². The van der Waals surface area contributed by atoms with E-state index >= 15 is 0 Å². The minimum Gasteiger partial charge on any atom is -0.383 e. The summed E-state index contributed by atoms with van der Waals surface area (Å²) in [5.74, 6) is 1.67. The SMILES string of the molecule is CCc1c(N)nc(N)nc1N1CCN(C)CC1. The summed E-state index contributed by atoms with van der Waals surface area (Å²) in [6.45, 7) is 6.05. The van der Waals surface area contributed by atoms with Crippen molar-refractivity contribution in [3.05, 3.63) is 5.56 Å². The largest absolute Gasteiger partial charge is 0.383 e. The zero-order valence-electron chi connectivity index (χ0n) is 10.5. The van der Waals surface area contributed by atoms with Gasteiger partial charge in [0.2, 0.25) is 5.95 Å². The van der Waals surface area contributed by atoms with Crippen LogP contribution < -0.4 is 16.4 Å². The standard InChI is InChI=1S/C11H20N6/c1-3-8-9(12)14-11(13)15-10(8)17-6-4-16(2)5-7-17/h3-7H2,1-2H3,(H4,12,13,14,15). The molecule has 1 aromatic heterocycles. The minimum atomic E-state index is 0.258. The van der Waals surface area contributed by atoms with Gasteiger partial charge in [-0.2, -0.15) is 9.97 Å². The van der Waals surface area contributed by atoms with Gasteiger partial charge in [0.05, 0.1) is 0 Å². The molecule has 0 aromatic carbocycles. The van der Waals surface area contributed by atoms with E-state index in [-0.39, 0.29) is 5.95 Å². The molecule has 0 saturated carbocycles. The third-order valence-electron chi connectivity index (χ3n) is 3.19. The Morgan fingerprint density at radius 2 is 1.76 bits per heavy atom. The Labute approximate surface area is 102 Å². The van der Waals surface area contributed by atoms with Crippen molar-refractivity contribution in [1.29, 1.82) is 0 Å². The fourth-order valence-electron chi connectivity index (χ4n) is 2.13. The Balaban J connectivity index is 2.30. The summed E-state index contributed by atoms with van der Waals surface area (Å²) in [4.78, 5) is 12.9. The van der Waals surface area contributed by atoms with E-state index in [2.05, 4.69) is 33.7 Å². The molecule has 0 unspecified atom stereocenters. The van der Waals surface area contributed by atoms with Crippen LogP contribution in [-0.2, 0) is 6.42 Å². The second-order valence-electron chi connectivity index (χ2n) is 4.41. The molecule has 1 aliphatic heterocycles. The summed E-state index contributed by atoms with van der Waals surface area (Å²) in [6.07, 6.45) is 0.827. The lowest BCUT2D eigenvalue weighted by atomic mass is 10.2. The van der Waals surface area contributed by atoms with Crippen molar-refractivity contribution >= 4 is 17.6 Å². The van der Waals surface area contributed by atoms with E-state index in [0.717, 1.165) is 44.0 Å². The van der Waals surface area contributed by atoms with Crippen LogP contribution >= 0.6 is 0 Å². The summed E-state index contributed by atoms with van der Waals surface area (Å²) < 4.78 is 0. The van der Waals surface area contributed by atoms with Crippen LogP contribution in [-0.4, -0.2) is 48.1 Å². The predicted octanol–water partition coefficient (Wildman–Crippen LogP) is -0.0448. The molecule has 1 saturated heterocycles. The third kappa shape index (κ3) is 2.41. The van der Waals surface area contributed by atoms with Crippen molar-refractivity contribution in [3.63, 3.8) is 0 Å². The summed E-state index contributed by atoms with van der Waals surface area (Å²) in [7, 11) is 2.13. The molecule has 0 bridgehead atoms. The molecule has 1 aliphatic rings. The van der Waals surface area contributed by atoms with Gasteiger partial charge in [-0.05, 0) is 13.5 Å². The average Bonchev–Trinajstić information content (AvgIpc) is 2.29. The first-order chi connectivity index (χ1) is 8.11. The van der Waals surface area contributed by atoms with E-state index < -0.39 is 0 Å². The highest BCUT2D eigenvalue weighted by Gasteiger charge is 2.20. The second kappa shape index (κ2) is 4.75. The van der Waals surface area contributed by atoms with Crippen molar-refractivity contribution in [2.75, 3.05) is 49.6 Å². The van der Waals surface area contributed by atoms with Crippen molar-refractivity contribution in [1.82, 2.24) is 14.9 Å². The summed E-state index contributed by atoms with van der Waals surface area (Å²) in [5.41, 5.74) is 12.6. The van der Waals surface area contributed by atoms with Crippen LogP contribution in [0.2, 0.25) is 0 Å². The number of aromatic nitrogens is 2. The van der Waals surface area contributed by atoms with E-state index in [4.69, 9.17) is 11.5 Å². The molecular weight excluding hydrogens is 216 g/mol. The maximum absolute atomic E-state index is 5.90. The van der Waals surface area contributed by atoms with Crippen molar-refractivity contribution in [3.8, 4) is 0 Å². The molecule has 94 valence electrons. The second-order valence-corrected chi connectivity index (χ2v) is 4.41. The Bertz CT molecular complexity index is 397. The number of nitrogens with two attached hydrogens (primary N) is 2. The first kappa shape index (κ1) is 11.9. The molecule has 17 heavy (non-hydrogen) atoms. The van der Waals surface area contributed by atoms with E-state index in [1.807, 2.05) is 0 Å². The van der Waals surface area contributed by atoms with Gasteiger partial charge in [0, 0.05) is 31.7 Å². The molecule has 0 atom stereocenters. The highest BCUT2D eigenvalue weighted by molar-refractivity contribution is 5.59. The van der Waals surface area contributed by atoms with Gasteiger partial charge >= 0.3 is 0 Å². The fraction of sp³-hybridized carbons (Fsp3) is 0.636. The van der Waals surface area contributed by atoms with Crippen LogP contribution in [0.25, 0.3) is 0 Å². The van der Waals surface area contributed by atoms with Gasteiger partial charge in [-0.15, -0.1) is 0 Å². The molecule has 4 N–H and O–H groups in total. The topological polar surface area (TPSA) is 84.3 Å². The first-order valence-electron chi connectivity index (χ1n) is 5.97. The van der Waals surface area contributed by atoms with Gasteiger partial charge < -0.3 is 21.3 Å². The molecule has 2 rings (SSSR count). The van der Waals surface area contributed by atoms with Gasteiger partial charge in [0.1, 0.15) is 11.6 Å². The smallest absolute Gasteiger partial charge is 0.223 e. The summed E-state index contributed by atoms with van der Waals surface area (Å²) >= 11 is 0. The Kier molecular flexibility index (Phi) is 3.33. The maximum atomic E-state index is 5.90. The van der Waals surface area contributed by atoms with Crippen molar-refractivity contribution in [2.24, 2.45) is 0 Å². The van der Waals surface area contributed by atoms with Crippen LogP contribution in [0.3, 0.4) is 0 Å². The van der Waals surface area contributed by atoms with Crippen LogP contribution in [0.1, 0.15) is 12.5 Å².